The van der Waals surface area contributed by atoms with Crippen LogP contribution in [-0.2, 0) is 9.53 Å². The molecule has 2 aromatic carbocycles. The predicted octanol–water partition coefficient (Wildman–Crippen LogP) is 14.2. The molecular weight excluding hydrogens is 816 g/mol. The molecule has 0 aliphatic heterocycles. The van der Waals surface area contributed by atoms with Gasteiger partial charge in [0.05, 0.1) is 15.7 Å². The molecule has 4 aromatic rings. The summed E-state index contributed by atoms with van der Waals surface area (Å²) in [4.78, 5) is 17.3. The molecule has 3 N–H and O–H groups in total. The molecule has 0 spiro atoms. The number of fused-ring (bicyclic) bond motifs is 1. The second-order valence-corrected chi connectivity index (χ2v) is 18.1. The molecule has 0 bridgehead atoms. The normalized spacial score (nSPS) is 13.1. The van der Waals surface area contributed by atoms with Crippen LogP contribution in [0.3, 0.4) is 0 Å². The maximum Gasteiger partial charge on any atom is 0.230 e. The predicted molar refractivity (Wildman–Crippen MR) is 242 cm³/mol. The van der Waals surface area contributed by atoms with Crippen LogP contribution in [-0.4, -0.2) is 45.1 Å². The van der Waals surface area contributed by atoms with E-state index in [1.165, 1.54) is 89.9 Å². The summed E-state index contributed by atoms with van der Waals surface area (Å²) in [7, 11) is 0. The summed E-state index contributed by atoms with van der Waals surface area (Å²) in [6, 6.07) is 10.4. The zero-order valence-electron chi connectivity index (χ0n) is 34.9. The fraction of sp³-hybridized carbons (Fsp3) is 0.591. The molecule has 58 heavy (non-hydrogen) atoms. The Kier molecular flexibility index (Phi) is 20.5. The molecule has 0 radical (unpaired) electrons. The SMILES string of the molecule is CCCCCCCCCCCCCCCCCC(=O)Nc1ccc(Cl)c(N=COC(NCOc2[nH]n3c(-c4ccc(Cl)cc4Cl)nnc3c2Cl)C(C)CC(C)(C)C)c1. The Hall–Kier alpha value is -3.02. The van der Waals surface area contributed by atoms with Gasteiger partial charge < -0.3 is 14.8 Å². The van der Waals surface area contributed by atoms with Crippen LogP contribution < -0.4 is 15.4 Å². The Morgan fingerprint density at radius 3 is 2.12 bits per heavy atom. The molecule has 2 heterocycles. The summed E-state index contributed by atoms with van der Waals surface area (Å²) in [5, 5.41) is 19.5. The van der Waals surface area contributed by atoms with Gasteiger partial charge in [-0.3, -0.25) is 9.89 Å². The van der Waals surface area contributed by atoms with E-state index in [9.17, 15) is 4.79 Å². The summed E-state index contributed by atoms with van der Waals surface area (Å²) in [5.74, 6) is 0.807. The standard InChI is InChI=1S/C44H63Cl4N7O3/c1-6-7-8-9-10-11-12-13-14-15-16-17-18-19-20-21-38(56)51-33-23-25-35(46)37(27-33)49-29-57-42(31(2)28-44(3,4)5)50-30-58-43-39(48)41-53-52-40(55(41)54-43)34-24-22-32(45)26-36(34)47/h22-27,29,31,42,50,54H,6-21,28,30H2,1-5H3,(H,51,56). The number of anilines is 1. The number of benzene rings is 2. The lowest BCUT2D eigenvalue weighted by molar-refractivity contribution is -0.116. The van der Waals surface area contributed by atoms with Gasteiger partial charge in [0.1, 0.15) is 11.8 Å². The zero-order valence-corrected chi connectivity index (χ0v) is 38.0. The number of unbranched alkanes of at least 4 members (excludes halogenated alkanes) is 14. The quantitative estimate of drug-likeness (QED) is 0.0238. The maximum atomic E-state index is 12.7. The van der Waals surface area contributed by atoms with E-state index in [-0.39, 0.29) is 29.0 Å². The van der Waals surface area contributed by atoms with Crippen molar-refractivity contribution in [2.75, 3.05) is 12.0 Å². The van der Waals surface area contributed by atoms with Crippen molar-refractivity contribution in [1.29, 1.82) is 0 Å². The average Bonchev–Trinajstić information content (AvgIpc) is 3.72. The number of hydrogen-bond acceptors (Lipinski definition) is 7. The zero-order chi connectivity index (χ0) is 41.9. The molecule has 4 rings (SSSR count). The molecule has 1 amide bonds. The van der Waals surface area contributed by atoms with Gasteiger partial charge in [-0.1, -0.05) is 171 Å². The van der Waals surface area contributed by atoms with E-state index in [0.717, 1.165) is 19.3 Å². The lowest BCUT2D eigenvalue weighted by Gasteiger charge is -2.29. The Morgan fingerprint density at radius 1 is 0.862 bits per heavy atom. The number of carbonyl (C=O) groups excluding carboxylic acids is 1. The Balaban J connectivity index is 1.22. The van der Waals surface area contributed by atoms with Gasteiger partial charge in [0.15, 0.2) is 24.1 Å². The summed E-state index contributed by atoms with van der Waals surface area (Å²) in [6.07, 6.45) is 21.6. The second kappa shape index (κ2) is 24.9. The van der Waals surface area contributed by atoms with Crippen LogP contribution in [0, 0.1) is 11.3 Å². The molecule has 2 unspecified atom stereocenters. The minimum atomic E-state index is -0.470. The third-order valence-corrected chi connectivity index (χ3v) is 11.2. The van der Waals surface area contributed by atoms with Crippen molar-refractivity contribution < 1.29 is 14.3 Å². The molecule has 2 aromatic heterocycles. The fourth-order valence-corrected chi connectivity index (χ4v) is 7.98. The number of hydrogen-bond donors (Lipinski definition) is 3. The molecule has 0 saturated heterocycles. The van der Waals surface area contributed by atoms with E-state index < -0.39 is 6.23 Å². The largest absolute Gasteiger partial charge is 0.464 e. The van der Waals surface area contributed by atoms with Crippen LogP contribution >= 0.6 is 46.4 Å². The van der Waals surface area contributed by atoms with Crippen molar-refractivity contribution in [2.24, 2.45) is 16.3 Å². The molecule has 14 heteroatoms. The van der Waals surface area contributed by atoms with Gasteiger partial charge in [-0.25, -0.2) is 14.8 Å². The van der Waals surface area contributed by atoms with Gasteiger partial charge >= 0.3 is 0 Å². The van der Waals surface area contributed by atoms with Crippen LogP contribution in [0.5, 0.6) is 5.88 Å². The summed E-state index contributed by atoms with van der Waals surface area (Å²) >= 11 is 25.6. The number of aliphatic imine (C=N–C) groups is 1. The number of aromatic nitrogens is 4. The molecule has 320 valence electrons. The fourth-order valence-electron chi connectivity index (χ4n) is 7.10. The Bertz CT molecular complexity index is 1870. The molecular formula is C44H63Cl4N7O3. The summed E-state index contributed by atoms with van der Waals surface area (Å²) < 4.78 is 13.8. The highest BCUT2D eigenvalue weighted by atomic mass is 35.5. The van der Waals surface area contributed by atoms with Gasteiger partial charge in [-0.05, 0) is 54.7 Å². The van der Waals surface area contributed by atoms with Crippen molar-refractivity contribution in [3.8, 4) is 17.3 Å². The van der Waals surface area contributed by atoms with Crippen LogP contribution in [0.15, 0.2) is 41.4 Å². The number of nitrogens with zero attached hydrogens (tertiary/aromatic N) is 4. The first-order chi connectivity index (χ1) is 27.9. The van der Waals surface area contributed by atoms with E-state index in [2.05, 4.69) is 65.5 Å². The van der Waals surface area contributed by atoms with E-state index in [1.807, 2.05) is 0 Å². The van der Waals surface area contributed by atoms with Crippen molar-refractivity contribution >= 4 is 75.7 Å². The first kappa shape index (κ1) is 47.7. The smallest absolute Gasteiger partial charge is 0.230 e. The molecule has 2 atom stereocenters. The van der Waals surface area contributed by atoms with Crippen LogP contribution in [0.25, 0.3) is 17.0 Å². The minimum absolute atomic E-state index is 0.0137. The minimum Gasteiger partial charge on any atom is -0.464 e. The van der Waals surface area contributed by atoms with Crippen molar-refractivity contribution in [3.05, 3.63) is 56.5 Å². The van der Waals surface area contributed by atoms with E-state index in [1.54, 1.807) is 40.9 Å². The van der Waals surface area contributed by atoms with Gasteiger partial charge in [-0.15, -0.1) is 10.2 Å². The topological polar surface area (TPSA) is 118 Å². The summed E-state index contributed by atoms with van der Waals surface area (Å²) in [6.45, 7) is 11.0. The van der Waals surface area contributed by atoms with E-state index in [0.29, 0.717) is 55.8 Å². The number of ether oxygens (including phenoxy) is 2. The molecule has 0 saturated carbocycles. The monoisotopic (exact) mass is 877 g/mol. The lowest BCUT2D eigenvalue weighted by atomic mass is 9.85. The summed E-state index contributed by atoms with van der Waals surface area (Å²) in [5.41, 5.74) is 2.19. The highest BCUT2D eigenvalue weighted by Gasteiger charge is 2.25. The third kappa shape index (κ3) is 16.2. The second-order valence-electron chi connectivity index (χ2n) is 16.5. The van der Waals surface area contributed by atoms with E-state index in [4.69, 9.17) is 55.9 Å². The molecule has 0 aliphatic carbocycles. The van der Waals surface area contributed by atoms with Crippen LogP contribution in [0.2, 0.25) is 20.1 Å². The Labute approximate surface area is 365 Å². The number of halogens is 4. The van der Waals surface area contributed by atoms with Gasteiger partial charge in [-0.2, -0.15) is 0 Å². The molecule has 0 fully saturated rings. The maximum absolute atomic E-state index is 12.7. The van der Waals surface area contributed by atoms with Crippen molar-refractivity contribution in [3.63, 3.8) is 0 Å². The Morgan fingerprint density at radius 2 is 1.50 bits per heavy atom. The number of amides is 1. The average molecular weight is 880 g/mol. The van der Waals surface area contributed by atoms with Gasteiger partial charge in [0.2, 0.25) is 11.8 Å². The highest BCUT2D eigenvalue weighted by Crippen LogP contribution is 2.34. The first-order valence-electron chi connectivity index (χ1n) is 21.1. The van der Waals surface area contributed by atoms with Crippen molar-refractivity contribution in [1.82, 2.24) is 25.1 Å². The number of carbonyl (C=O) groups is 1. The van der Waals surface area contributed by atoms with E-state index >= 15 is 0 Å². The highest BCUT2D eigenvalue weighted by molar-refractivity contribution is 6.36. The van der Waals surface area contributed by atoms with Crippen molar-refractivity contribution in [2.45, 2.75) is 150 Å². The molecule has 10 nitrogen and oxygen atoms in total. The van der Waals surface area contributed by atoms with Crippen LogP contribution in [0.4, 0.5) is 11.4 Å². The molecule has 0 aliphatic rings. The number of nitrogens with one attached hydrogen (secondary N) is 3. The van der Waals surface area contributed by atoms with Gasteiger partial charge in [0.25, 0.3) is 0 Å². The third-order valence-electron chi connectivity index (χ3n) is 10.0. The number of rotatable bonds is 27. The first-order valence-corrected chi connectivity index (χ1v) is 22.6. The number of H-pyrrole nitrogens is 1. The lowest BCUT2D eigenvalue weighted by Crippen LogP contribution is -2.40. The number of aromatic amines is 1. The van der Waals surface area contributed by atoms with Gasteiger partial charge in [0, 0.05) is 28.6 Å². The van der Waals surface area contributed by atoms with Crippen LogP contribution in [0.1, 0.15) is 144 Å².